The Morgan fingerprint density at radius 3 is 2.62 bits per heavy atom. The lowest BCUT2D eigenvalue weighted by molar-refractivity contribution is 0.535. The average Bonchev–Trinajstić information content (AvgIpc) is 3.08. The maximum Gasteiger partial charge on any atom is 0.225 e. The Hall–Kier alpha value is -2.69. The molecule has 0 amide bonds. The number of nitrogens with zero attached hydrogens (tertiary/aromatic N) is 4. The van der Waals surface area contributed by atoms with Crippen molar-refractivity contribution in [1.82, 2.24) is 15.0 Å². The maximum atomic E-state index is 5.51. The van der Waals surface area contributed by atoms with Crippen LogP contribution in [0, 0.1) is 6.92 Å². The predicted octanol–water partition coefficient (Wildman–Crippen LogP) is 4.10. The highest BCUT2D eigenvalue weighted by atomic mass is 16.3. The molecule has 3 aromatic rings. The van der Waals surface area contributed by atoms with Gasteiger partial charge >= 0.3 is 0 Å². The van der Waals surface area contributed by atoms with Gasteiger partial charge in [0.25, 0.3) is 0 Å². The second kappa shape index (κ2) is 6.43. The molecule has 122 valence electrons. The van der Waals surface area contributed by atoms with Gasteiger partial charge in [-0.1, -0.05) is 6.07 Å². The molecule has 0 radical (unpaired) electrons. The molecular weight excluding hydrogens is 300 g/mol. The molecule has 3 aromatic heterocycles. The third kappa shape index (κ3) is 2.77. The minimum absolute atomic E-state index is 0.804. The Bertz CT molecular complexity index is 822. The zero-order chi connectivity index (χ0) is 16.4. The molecule has 0 N–H and O–H groups in total. The second-order valence-electron chi connectivity index (χ2n) is 6.11. The fourth-order valence-electron chi connectivity index (χ4n) is 3.19. The molecule has 1 fully saturated rings. The topological polar surface area (TPSA) is 55.1 Å². The van der Waals surface area contributed by atoms with E-state index in [-0.39, 0.29) is 0 Å². The van der Waals surface area contributed by atoms with Gasteiger partial charge in [0.05, 0.1) is 12.0 Å². The Morgan fingerprint density at radius 2 is 1.92 bits per heavy atom. The smallest absolute Gasteiger partial charge is 0.225 e. The molecule has 4 heterocycles. The van der Waals surface area contributed by atoms with E-state index >= 15 is 0 Å². The number of anilines is 1. The molecule has 0 saturated carbocycles. The first-order valence-corrected chi connectivity index (χ1v) is 8.40. The summed E-state index contributed by atoms with van der Waals surface area (Å²) in [6.07, 6.45) is 10.9. The number of rotatable bonds is 3. The summed E-state index contributed by atoms with van der Waals surface area (Å²) in [5, 5.41) is 0. The average molecular weight is 320 g/mol. The molecule has 0 aliphatic carbocycles. The molecule has 0 atom stereocenters. The summed E-state index contributed by atoms with van der Waals surface area (Å²) in [6.45, 7) is 4.01. The van der Waals surface area contributed by atoms with Crippen LogP contribution in [0.15, 0.2) is 47.5 Å². The summed E-state index contributed by atoms with van der Waals surface area (Å²) in [7, 11) is 0. The molecular formula is C19H20N4O. The summed E-state index contributed by atoms with van der Waals surface area (Å²) in [5.74, 6) is 1.67. The van der Waals surface area contributed by atoms with Crippen LogP contribution in [0.25, 0.3) is 22.4 Å². The van der Waals surface area contributed by atoms with Crippen molar-refractivity contribution < 1.29 is 4.42 Å². The van der Waals surface area contributed by atoms with Crippen molar-refractivity contribution in [3.63, 3.8) is 0 Å². The zero-order valence-electron chi connectivity index (χ0n) is 13.8. The molecule has 5 nitrogen and oxygen atoms in total. The van der Waals surface area contributed by atoms with Crippen LogP contribution in [0.1, 0.15) is 25.0 Å². The number of hydrogen-bond donors (Lipinski definition) is 0. The third-order valence-corrected chi connectivity index (χ3v) is 4.50. The predicted molar refractivity (Wildman–Crippen MR) is 93.8 cm³/mol. The van der Waals surface area contributed by atoms with Gasteiger partial charge in [-0.15, -0.1) is 0 Å². The summed E-state index contributed by atoms with van der Waals surface area (Å²) in [5.41, 5.74) is 3.91. The van der Waals surface area contributed by atoms with Crippen molar-refractivity contribution in [2.45, 2.75) is 26.2 Å². The number of aryl methyl sites for hydroxylation is 1. The lowest BCUT2D eigenvalue weighted by atomic mass is 10.0. The molecule has 5 heteroatoms. The van der Waals surface area contributed by atoms with Crippen molar-refractivity contribution in [2.75, 3.05) is 18.0 Å². The minimum atomic E-state index is 0.804. The van der Waals surface area contributed by atoms with E-state index in [9.17, 15) is 0 Å². The van der Waals surface area contributed by atoms with E-state index in [2.05, 4.69) is 14.9 Å². The van der Waals surface area contributed by atoms with E-state index in [0.29, 0.717) is 0 Å². The van der Waals surface area contributed by atoms with E-state index in [1.807, 2.05) is 37.5 Å². The largest absolute Gasteiger partial charge is 0.469 e. The standard InChI is InChI=1S/C19H20N4O/c1-14-16(7-11-24-14)18-17(15-6-5-8-20-12-15)13-21-19(22-18)23-9-3-2-4-10-23/h5-8,11-13H,2-4,9-10H2,1H3. The quantitative estimate of drug-likeness (QED) is 0.727. The lowest BCUT2D eigenvalue weighted by Crippen LogP contribution is -2.31. The Morgan fingerprint density at radius 1 is 1.04 bits per heavy atom. The number of hydrogen-bond acceptors (Lipinski definition) is 5. The molecule has 4 rings (SSSR count). The first-order chi connectivity index (χ1) is 11.8. The molecule has 0 bridgehead atoms. The number of pyridine rings is 1. The van der Waals surface area contributed by atoms with Crippen LogP contribution >= 0.6 is 0 Å². The van der Waals surface area contributed by atoms with Gasteiger partial charge in [0.15, 0.2) is 0 Å². The van der Waals surface area contributed by atoms with E-state index in [1.54, 1.807) is 12.5 Å². The van der Waals surface area contributed by atoms with E-state index < -0.39 is 0 Å². The Kier molecular flexibility index (Phi) is 3.99. The van der Waals surface area contributed by atoms with Crippen molar-refractivity contribution in [3.8, 4) is 22.4 Å². The molecule has 0 spiro atoms. The molecule has 0 aromatic carbocycles. The van der Waals surface area contributed by atoms with Gasteiger partial charge in [0.1, 0.15) is 5.76 Å². The molecule has 1 aliphatic heterocycles. The van der Waals surface area contributed by atoms with Crippen LogP contribution in [0.5, 0.6) is 0 Å². The van der Waals surface area contributed by atoms with Gasteiger partial charge in [-0.05, 0) is 38.3 Å². The first kappa shape index (κ1) is 14.9. The van der Waals surface area contributed by atoms with Crippen molar-refractivity contribution >= 4 is 5.95 Å². The van der Waals surface area contributed by atoms with Crippen molar-refractivity contribution in [3.05, 3.63) is 48.8 Å². The van der Waals surface area contributed by atoms with Crippen LogP contribution in [0.4, 0.5) is 5.95 Å². The summed E-state index contributed by atoms with van der Waals surface area (Å²) < 4.78 is 5.51. The number of furan rings is 1. The minimum Gasteiger partial charge on any atom is -0.469 e. The van der Waals surface area contributed by atoms with Gasteiger partial charge < -0.3 is 9.32 Å². The first-order valence-electron chi connectivity index (χ1n) is 8.40. The number of aromatic nitrogens is 3. The van der Waals surface area contributed by atoms with E-state index in [1.165, 1.54) is 19.3 Å². The van der Waals surface area contributed by atoms with Gasteiger partial charge in [-0.3, -0.25) is 4.98 Å². The van der Waals surface area contributed by atoms with Crippen molar-refractivity contribution in [2.24, 2.45) is 0 Å². The Labute approximate surface area is 141 Å². The van der Waals surface area contributed by atoms with Crippen LogP contribution in [0.3, 0.4) is 0 Å². The fraction of sp³-hybridized carbons (Fsp3) is 0.316. The normalized spacial score (nSPS) is 14.8. The highest BCUT2D eigenvalue weighted by Crippen LogP contribution is 2.33. The van der Waals surface area contributed by atoms with Gasteiger partial charge in [0.2, 0.25) is 5.95 Å². The highest BCUT2D eigenvalue weighted by molar-refractivity contribution is 5.81. The number of piperidine rings is 1. The van der Waals surface area contributed by atoms with Gasteiger partial charge in [0, 0.05) is 48.4 Å². The summed E-state index contributed by atoms with van der Waals surface area (Å²) in [6, 6.07) is 5.93. The zero-order valence-corrected chi connectivity index (χ0v) is 13.8. The molecule has 24 heavy (non-hydrogen) atoms. The lowest BCUT2D eigenvalue weighted by Gasteiger charge is -2.27. The summed E-state index contributed by atoms with van der Waals surface area (Å²) in [4.78, 5) is 16.0. The van der Waals surface area contributed by atoms with E-state index in [0.717, 1.165) is 47.2 Å². The van der Waals surface area contributed by atoms with Gasteiger partial charge in [-0.25, -0.2) is 9.97 Å². The van der Waals surface area contributed by atoms with Crippen LogP contribution < -0.4 is 4.90 Å². The maximum absolute atomic E-state index is 5.51. The third-order valence-electron chi connectivity index (χ3n) is 4.50. The van der Waals surface area contributed by atoms with E-state index in [4.69, 9.17) is 9.40 Å². The van der Waals surface area contributed by atoms with Gasteiger partial charge in [-0.2, -0.15) is 0 Å². The summed E-state index contributed by atoms with van der Waals surface area (Å²) >= 11 is 0. The SMILES string of the molecule is Cc1occc1-c1nc(N2CCCCC2)ncc1-c1cccnc1. The van der Waals surface area contributed by atoms with Crippen LogP contribution in [0.2, 0.25) is 0 Å². The van der Waals surface area contributed by atoms with Crippen molar-refractivity contribution in [1.29, 1.82) is 0 Å². The highest BCUT2D eigenvalue weighted by Gasteiger charge is 2.19. The van der Waals surface area contributed by atoms with Crippen LogP contribution in [-0.4, -0.2) is 28.0 Å². The second-order valence-corrected chi connectivity index (χ2v) is 6.11. The molecule has 0 unspecified atom stereocenters. The molecule has 1 aliphatic rings. The molecule has 1 saturated heterocycles. The van der Waals surface area contributed by atoms with Crippen LogP contribution in [-0.2, 0) is 0 Å². The fourth-order valence-corrected chi connectivity index (χ4v) is 3.19. The monoisotopic (exact) mass is 320 g/mol. The Balaban J connectivity index is 1.83.